The van der Waals surface area contributed by atoms with Gasteiger partial charge in [0.2, 0.25) is 0 Å². The zero-order chi connectivity index (χ0) is 12.3. The first-order valence-corrected chi connectivity index (χ1v) is 6.78. The highest BCUT2D eigenvalue weighted by Crippen LogP contribution is 2.30. The number of nitrogens with zero attached hydrogens (tertiary/aromatic N) is 1. The zero-order valence-corrected chi connectivity index (χ0v) is 11.2. The van der Waals surface area contributed by atoms with Gasteiger partial charge in [-0.15, -0.1) is 0 Å². The first-order chi connectivity index (χ1) is 8.22. The molecule has 1 aliphatic rings. The molecule has 0 aliphatic carbocycles. The van der Waals surface area contributed by atoms with E-state index >= 15 is 0 Å². The van der Waals surface area contributed by atoms with Gasteiger partial charge >= 0.3 is 0 Å². The van der Waals surface area contributed by atoms with E-state index in [2.05, 4.69) is 17.9 Å². The fourth-order valence-electron chi connectivity index (χ4n) is 2.56. The molecule has 94 valence electrons. The normalized spacial score (nSPS) is 20.4. The van der Waals surface area contributed by atoms with Crippen LogP contribution in [0.3, 0.4) is 0 Å². The monoisotopic (exact) mass is 252 g/mol. The largest absolute Gasteiger partial charge is 0.329 e. The average Bonchev–Trinajstić information content (AvgIpc) is 2.35. The second kappa shape index (κ2) is 5.85. The van der Waals surface area contributed by atoms with Crippen molar-refractivity contribution in [3.63, 3.8) is 0 Å². The van der Waals surface area contributed by atoms with Gasteiger partial charge in [0, 0.05) is 17.6 Å². The third-order valence-corrected chi connectivity index (χ3v) is 4.09. The number of nitrogens with two attached hydrogens (primary N) is 1. The van der Waals surface area contributed by atoms with E-state index in [0.29, 0.717) is 6.54 Å². The Kier molecular flexibility index (Phi) is 4.43. The van der Waals surface area contributed by atoms with E-state index in [4.69, 9.17) is 17.3 Å². The van der Waals surface area contributed by atoms with Crippen LogP contribution in [0.2, 0.25) is 5.02 Å². The number of hydrogen-bond acceptors (Lipinski definition) is 2. The van der Waals surface area contributed by atoms with Crippen molar-refractivity contribution in [3.8, 4) is 0 Å². The Hall–Kier alpha value is -0.570. The molecule has 1 heterocycles. The van der Waals surface area contributed by atoms with Crippen molar-refractivity contribution in [1.29, 1.82) is 0 Å². The van der Waals surface area contributed by atoms with E-state index < -0.39 is 0 Å². The van der Waals surface area contributed by atoms with Crippen LogP contribution in [0.25, 0.3) is 0 Å². The summed E-state index contributed by atoms with van der Waals surface area (Å²) in [5, 5.41) is 0.835. The molecule has 1 atom stereocenters. The molecule has 1 aromatic carbocycles. The molecule has 1 aliphatic heterocycles. The van der Waals surface area contributed by atoms with Crippen LogP contribution < -0.4 is 5.73 Å². The zero-order valence-electron chi connectivity index (χ0n) is 10.4. The maximum absolute atomic E-state index is 6.26. The van der Waals surface area contributed by atoms with Crippen molar-refractivity contribution in [2.24, 2.45) is 11.7 Å². The third kappa shape index (κ3) is 3.01. The summed E-state index contributed by atoms with van der Waals surface area (Å²) >= 11 is 6.26. The summed E-state index contributed by atoms with van der Waals surface area (Å²) in [6.45, 7) is 5.23. The molecule has 2 rings (SSSR count). The maximum atomic E-state index is 6.26. The van der Waals surface area contributed by atoms with Crippen LogP contribution in [0.15, 0.2) is 24.3 Å². The van der Waals surface area contributed by atoms with Gasteiger partial charge in [0.05, 0.1) is 0 Å². The van der Waals surface area contributed by atoms with E-state index in [0.717, 1.165) is 24.0 Å². The highest BCUT2D eigenvalue weighted by Gasteiger charge is 2.24. The second-order valence-electron chi connectivity index (χ2n) is 4.99. The molecule has 1 saturated heterocycles. The minimum absolute atomic E-state index is 0.274. The molecular weight excluding hydrogens is 232 g/mol. The minimum atomic E-state index is 0.274. The molecule has 0 saturated carbocycles. The van der Waals surface area contributed by atoms with Gasteiger partial charge in [-0.2, -0.15) is 0 Å². The van der Waals surface area contributed by atoms with Crippen LogP contribution in [0.5, 0.6) is 0 Å². The summed E-state index contributed by atoms with van der Waals surface area (Å²) in [7, 11) is 0. The molecule has 0 spiro atoms. The topological polar surface area (TPSA) is 29.3 Å². The summed E-state index contributed by atoms with van der Waals surface area (Å²) in [6, 6.07) is 8.33. The van der Waals surface area contributed by atoms with Gasteiger partial charge in [0.1, 0.15) is 0 Å². The van der Waals surface area contributed by atoms with Crippen molar-refractivity contribution < 1.29 is 0 Å². The van der Waals surface area contributed by atoms with Crippen molar-refractivity contribution in [1.82, 2.24) is 4.90 Å². The summed E-state index contributed by atoms with van der Waals surface area (Å²) in [4.78, 5) is 2.47. The van der Waals surface area contributed by atoms with Gasteiger partial charge in [0.15, 0.2) is 0 Å². The fourth-order valence-corrected chi connectivity index (χ4v) is 2.82. The predicted octanol–water partition coefficient (Wildman–Crippen LogP) is 3.07. The van der Waals surface area contributed by atoms with Gasteiger partial charge < -0.3 is 5.73 Å². The molecule has 1 unspecified atom stereocenters. The van der Waals surface area contributed by atoms with Crippen LogP contribution in [0, 0.1) is 5.92 Å². The molecule has 1 aromatic rings. The number of rotatable bonds is 3. The number of hydrogen-bond donors (Lipinski definition) is 1. The lowest BCUT2D eigenvalue weighted by atomic mass is 9.96. The lowest BCUT2D eigenvalue weighted by Crippen LogP contribution is -2.39. The van der Waals surface area contributed by atoms with E-state index in [-0.39, 0.29) is 6.04 Å². The first-order valence-electron chi connectivity index (χ1n) is 6.41. The smallest absolute Gasteiger partial charge is 0.0485 e. The summed E-state index contributed by atoms with van der Waals surface area (Å²) in [5.74, 6) is 0.843. The Labute approximate surface area is 109 Å². The van der Waals surface area contributed by atoms with Gasteiger partial charge in [-0.05, 0) is 43.5 Å². The van der Waals surface area contributed by atoms with E-state index in [1.807, 2.05) is 18.2 Å². The molecule has 0 bridgehead atoms. The Morgan fingerprint density at radius 1 is 1.35 bits per heavy atom. The molecule has 0 aromatic heterocycles. The SMILES string of the molecule is CC1CCN(C(CN)c2ccccc2Cl)CC1. The van der Waals surface area contributed by atoms with Gasteiger partial charge in [-0.1, -0.05) is 36.7 Å². The number of likely N-dealkylation sites (tertiary alicyclic amines) is 1. The summed E-state index contributed by atoms with van der Waals surface area (Å²) in [6.07, 6.45) is 2.53. The average molecular weight is 253 g/mol. The molecule has 2 N–H and O–H groups in total. The Balaban J connectivity index is 2.14. The first kappa shape index (κ1) is 12.9. The van der Waals surface area contributed by atoms with Crippen molar-refractivity contribution >= 4 is 11.6 Å². The van der Waals surface area contributed by atoms with Crippen molar-refractivity contribution in [3.05, 3.63) is 34.9 Å². The lowest BCUT2D eigenvalue weighted by Gasteiger charge is -2.36. The predicted molar refractivity (Wildman–Crippen MR) is 73.2 cm³/mol. The van der Waals surface area contributed by atoms with Crippen LogP contribution >= 0.6 is 11.6 Å². The van der Waals surface area contributed by atoms with Crippen LogP contribution in [-0.2, 0) is 0 Å². The van der Waals surface area contributed by atoms with E-state index in [1.165, 1.54) is 18.4 Å². The third-order valence-electron chi connectivity index (χ3n) is 3.75. The molecular formula is C14H21ClN2. The summed E-state index contributed by atoms with van der Waals surface area (Å²) < 4.78 is 0. The second-order valence-corrected chi connectivity index (χ2v) is 5.40. The quantitative estimate of drug-likeness (QED) is 0.896. The van der Waals surface area contributed by atoms with Crippen LogP contribution in [0.1, 0.15) is 31.4 Å². The van der Waals surface area contributed by atoms with E-state index in [9.17, 15) is 0 Å². The molecule has 2 nitrogen and oxygen atoms in total. The van der Waals surface area contributed by atoms with Crippen molar-refractivity contribution in [2.75, 3.05) is 19.6 Å². The molecule has 0 amide bonds. The fraction of sp³-hybridized carbons (Fsp3) is 0.571. The molecule has 1 fully saturated rings. The Morgan fingerprint density at radius 3 is 2.59 bits per heavy atom. The Morgan fingerprint density at radius 2 is 2.00 bits per heavy atom. The standard InChI is InChI=1S/C14H21ClN2/c1-11-6-8-17(9-7-11)14(10-16)12-4-2-3-5-13(12)15/h2-5,11,14H,6-10,16H2,1H3. The highest BCUT2D eigenvalue weighted by molar-refractivity contribution is 6.31. The molecule has 17 heavy (non-hydrogen) atoms. The van der Waals surface area contributed by atoms with Gasteiger partial charge in [-0.3, -0.25) is 4.90 Å². The lowest BCUT2D eigenvalue weighted by molar-refractivity contribution is 0.141. The Bertz CT molecular complexity index is 359. The maximum Gasteiger partial charge on any atom is 0.0485 e. The molecule has 0 radical (unpaired) electrons. The minimum Gasteiger partial charge on any atom is -0.329 e. The van der Waals surface area contributed by atoms with Crippen LogP contribution in [-0.4, -0.2) is 24.5 Å². The number of benzene rings is 1. The van der Waals surface area contributed by atoms with Gasteiger partial charge in [0.25, 0.3) is 0 Å². The van der Waals surface area contributed by atoms with Gasteiger partial charge in [-0.25, -0.2) is 0 Å². The van der Waals surface area contributed by atoms with E-state index in [1.54, 1.807) is 0 Å². The van der Waals surface area contributed by atoms with Crippen LogP contribution in [0.4, 0.5) is 0 Å². The number of halogens is 1. The van der Waals surface area contributed by atoms with Crippen molar-refractivity contribution in [2.45, 2.75) is 25.8 Å². The molecule has 3 heteroatoms. The highest BCUT2D eigenvalue weighted by atomic mass is 35.5. The number of piperidine rings is 1. The summed E-state index contributed by atoms with van der Waals surface area (Å²) in [5.41, 5.74) is 7.11.